The van der Waals surface area contributed by atoms with Crippen molar-refractivity contribution < 1.29 is 19.2 Å². The molecule has 2 aromatic carbocycles. The number of carbonyl (C=O) groups excluding carboxylic acids is 4. The molecule has 1 aliphatic rings. The fourth-order valence-electron chi connectivity index (χ4n) is 3.14. The fraction of sp³-hybridized carbons (Fsp3) is 0.273. The lowest BCUT2D eigenvalue weighted by Gasteiger charge is -2.27. The zero-order valence-electron chi connectivity index (χ0n) is 16.6. The van der Waals surface area contributed by atoms with Crippen LogP contribution in [0.3, 0.4) is 0 Å². The third-order valence-electron chi connectivity index (χ3n) is 4.36. The van der Waals surface area contributed by atoms with Crippen molar-refractivity contribution in [2.24, 2.45) is 0 Å². The molecule has 7 nitrogen and oxygen atoms in total. The first-order valence-electron chi connectivity index (χ1n) is 9.29. The number of nitrogens with one attached hydrogen (secondary N) is 1. The van der Waals surface area contributed by atoms with Crippen molar-refractivity contribution in [3.63, 3.8) is 0 Å². The molecule has 2 aromatic rings. The van der Waals surface area contributed by atoms with Crippen LogP contribution in [0.4, 0.5) is 5.69 Å². The van der Waals surface area contributed by atoms with Gasteiger partial charge in [-0.2, -0.15) is 0 Å². The summed E-state index contributed by atoms with van der Waals surface area (Å²) in [6.45, 7) is 4.88. The molecule has 150 valence electrons. The Bertz CT molecular complexity index is 929. The Balaban J connectivity index is 1.81. The van der Waals surface area contributed by atoms with Crippen LogP contribution in [0.1, 0.15) is 41.5 Å². The number of fused-ring (bicyclic) bond motifs is 1. The van der Waals surface area contributed by atoms with Gasteiger partial charge >= 0.3 is 0 Å². The monoisotopic (exact) mass is 393 g/mol. The lowest BCUT2D eigenvalue weighted by Crippen LogP contribution is -2.50. The number of nitrogens with zero attached hydrogens (tertiary/aromatic N) is 2. The molecular formula is C22H23N3O4. The van der Waals surface area contributed by atoms with Gasteiger partial charge in [0.15, 0.2) is 0 Å². The van der Waals surface area contributed by atoms with Crippen LogP contribution in [0, 0.1) is 0 Å². The number of hydrogen-bond acceptors (Lipinski definition) is 4. The second kappa shape index (κ2) is 7.87. The Morgan fingerprint density at radius 3 is 1.93 bits per heavy atom. The van der Waals surface area contributed by atoms with Crippen LogP contribution >= 0.6 is 0 Å². The molecule has 0 unspecified atom stereocenters. The van der Waals surface area contributed by atoms with Crippen molar-refractivity contribution >= 4 is 29.3 Å². The summed E-state index contributed by atoms with van der Waals surface area (Å²) in [6, 6.07) is 15.2. The molecule has 0 saturated carbocycles. The Morgan fingerprint density at radius 2 is 1.41 bits per heavy atom. The van der Waals surface area contributed by atoms with Gasteiger partial charge in [0, 0.05) is 11.2 Å². The largest absolute Gasteiger partial charge is 0.350 e. The molecule has 0 bridgehead atoms. The van der Waals surface area contributed by atoms with E-state index in [0.29, 0.717) is 5.69 Å². The quantitative estimate of drug-likeness (QED) is 0.790. The fourth-order valence-corrected chi connectivity index (χ4v) is 3.14. The number of amides is 4. The van der Waals surface area contributed by atoms with Crippen LogP contribution in [0.5, 0.6) is 0 Å². The molecule has 1 N–H and O–H groups in total. The SMILES string of the molecule is CC(C)(C)NC(=O)CN(C(=O)CN1C(=O)c2ccccc2C1=O)c1ccccc1. The van der Waals surface area contributed by atoms with E-state index in [1.165, 1.54) is 4.90 Å². The molecule has 7 heteroatoms. The maximum Gasteiger partial charge on any atom is 0.262 e. The van der Waals surface area contributed by atoms with Gasteiger partial charge in [-0.05, 0) is 45.0 Å². The molecular weight excluding hydrogens is 370 g/mol. The lowest BCUT2D eigenvalue weighted by atomic mass is 10.1. The standard InChI is InChI=1S/C22H23N3O4/c1-22(2,3)23-18(26)13-24(15-9-5-4-6-10-15)19(27)14-25-20(28)16-11-7-8-12-17(16)21(25)29/h4-12H,13-14H2,1-3H3,(H,23,26). The molecule has 0 aromatic heterocycles. The van der Waals surface area contributed by atoms with Crippen LogP contribution in [0.15, 0.2) is 54.6 Å². The van der Waals surface area contributed by atoms with E-state index in [1.54, 1.807) is 54.6 Å². The highest BCUT2D eigenvalue weighted by molar-refractivity contribution is 6.22. The first kappa shape index (κ1) is 20.3. The molecule has 29 heavy (non-hydrogen) atoms. The highest BCUT2D eigenvalue weighted by atomic mass is 16.2. The van der Waals surface area contributed by atoms with Gasteiger partial charge in [-0.25, -0.2) is 0 Å². The molecule has 3 rings (SSSR count). The highest BCUT2D eigenvalue weighted by Gasteiger charge is 2.37. The van der Waals surface area contributed by atoms with E-state index in [1.807, 2.05) is 20.8 Å². The van der Waals surface area contributed by atoms with Crippen LogP contribution < -0.4 is 10.2 Å². The van der Waals surface area contributed by atoms with Crippen LogP contribution in [0.2, 0.25) is 0 Å². The van der Waals surface area contributed by atoms with E-state index in [0.717, 1.165) is 4.90 Å². The molecule has 0 fully saturated rings. The molecule has 1 aliphatic heterocycles. The summed E-state index contributed by atoms with van der Waals surface area (Å²) in [7, 11) is 0. The average Bonchev–Trinajstić information content (AvgIpc) is 2.90. The van der Waals surface area contributed by atoms with Crippen molar-refractivity contribution in [2.45, 2.75) is 26.3 Å². The van der Waals surface area contributed by atoms with E-state index in [-0.39, 0.29) is 23.6 Å². The first-order chi connectivity index (χ1) is 13.7. The maximum atomic E-state index is 13.0. The lowest BCUT2D eigenvalue weighted by molar-refractivity contribution is -0.124. The Kier molecular flexibility index (Phi) is 5.50. The van der Waals surface area contributed by atoms with E-state index in [4.69, 9.17) is 0 Å². The second-order valence-corrected chi connectivity index (χ2v) is 7.86. The van der Waals surface area contributed by atoms with Gasteiger partial charge in [0.2, 0.25) is 11.8 Å². The Hall–Kier alpha value is -3.48. The molecule has 0 spiro atoms. The summed E-state index contributed by atoms with van der Waals surface area (Å²) in [4.78, 5) is 52.8. The number of para-hydroxylation sites is 1. The van der Waals surface area contributed by atoms with E-state index in [2.05, 4.69) is 5.32 Å². The summed E-state index contributed by atoms with van der Waals surface area (Å²) in [5.41, 5.74) is 0.618. The summed E-state index contributed by atoms with van der Waals surface area (Å²) in [6.07, 6.45) is 0. The molecule has 0 aliphatic carbocycles. The topological polar surface area (TPSA) is 86.8 Å². The van der Waals surface area contributed by atoms with Gasteiger partial charge in [0.1, 0.15) is 13.1 Å². The zero-order valence-corrected chi connectivity index (χ0v) is 16.6. The van der Waals surface area contributed by atoms with Gasteiger partial charge in [-0.3, -0.25) is 24.1 Å². The van der Waals surface area contributed by atoms with Crippen molar-refractivity contribution in [3.05, 3.63) is 65.7 Å². The second-order valence-electron chi connectivity index (χ2n) is 7.86. The van der Waals surface area contributed by atoms with E-state index in [9.17, 15) is 19.2 Å². The van der Waals surface area contributed by atoms with Crippen LogP contribution in [-0.2, 0) is 9.59 Å². The minimum atomic E-state index is -0.519. The van der Waals surface area contributed by atoms with Crippen LogP contribution in [0.25, 0.3) is 0 Å². The van der Waals surface area contributed by atoms with Crippen molar-refractivity contribution in [1.29, 1.82) is 0 Å². The summed E-state index contributed by atoms with van der Waals surface area (Å²) in [5.74, 6) is -1.87. The summed E-state index contributed by atoms with van der Waals surface area (Å²) < 4.78 is 0. The van der Waals surface area contributed by atoms with Gasteiger partial charge < -0.3 is 10.2 Å². The average molecular weight is 393 g/mol. The van der Waals surface area contributed by atoms with Gasteiger partial charge in [-0.1, -0.05) is 30.3 Å². The normalized spacial score (nSPS) is 13.3. The minimum absolute atomic E-state index is 0.219. The van der Waals surface area contributed by atoms with E-state index >= 15 is 0 Å². The van der Waals surface area contributed by atoms with Gasteiger partial charge in [0.05, 0.1) is 11.1 Å². The highest BCUT2D eigenvalue weighted by Crippen LogP contribution is 2.23. The molecule has 4 amide bonds. The maximum absolute atomic E-state index is 13.0. The number of hydrogen-bond donors (Lipinski definition) is 1. The number of benzene rings is 2. The number of anilines is 1. The van der Waals surface area contributed by atoms with Gasteiger partial charge in [-0.15, -0.1) is 0 Å². The molecule has 0 radical (unpaired) electrons. The van der Waals surface area contributed by atoms with Crippen molar-refractivity contribution in [3.8, 4) is 0 Å². The van der Waals surface area contributed by atoms with Crippen LogP contribution in [-0.4, -0.2) is 47.2 Å². The Morgan fingerprint density at radius 1 is 0.897 bits per heavy atom. The third kappa shape index (κ3) is 4.51. The minimum Gasteiger partial charge on any atom is -0.350 e. The summed E-state index contributed by atoms with van der Waals surface area (Å²) >= 11 is 0. The zero-order chi connectivity index (χ0) is 21.2. The van der Waals surface area contributed by atoms with Crippen molar-refractivity contribution in [1.82, 2.24) is 10.2 Å². The smallest absolute Gasteiger partial charge is 0.262 e. The molecule has 0 atom stereocenters. The number of rotatable bonds is 5. The number of imide groups is 1. The van der Waals surface area contributed by atoms with Gasteiger partial charge in [0.25, 0.3) is 11.8 Å². The first-order valence-corrected chi connectivity index (χ1v) is 9.29. The predicted molar refractivity (Wildman–Crippen MR) is 108 cm³/mol. The van der Waals surface area contributed by atoms with Crippen molar-refractivity contribution in [2.75, 3.05) is 18.0 Å². The molecule has 1 heterocycles. The Labute approximate surface area is 169 Å². The summed E-state index contributed by atoms with van der Waals surface area (Å²) in [5, 5.41) is 2.82. The molecule has 0 saturated heterocycles. The number of carbonyl (C=O) groups is 4. The van der Waals surface area contributed by atoms with E-state index < -0.39 is 29.8 Å². The predicted octanol–water partition coefficient (Wildman–Crippen LogP) is 2.23. The third-order valence-corrected chi connectivity index (χ3v) is 4.36.